The minimum Gasteiger partial charge on any atom is -0.378 e. The van der Waals surface area contributed by atoms with Gasteiger partial charge in [0.15, 0.2) is 0 Å². The van der Waals surface area contributed by atoms with Gasteiger partial charge in [-0.05, 0) is 48.7 Å². The Kier molecular flexibility index (Phi) is 7.52. The molecule has 0 aromatic heterocycles. The summed E-state index contributed by atoms with van der Waals surface area (Å²) in [6.07, 6.45) is 5.95. The van der Waals surface area contributed by atoms with Crippen LogP contribution in [-0.2, 0) is 4.79 Å². The molecule has 1 aliphatic heterocycles. The molecule has 0 bridgehead atoms. The highest BCUT2D eigenvalue weighted by Gasteiger charge is 2.22. The van der Waals surface area contributed by atoms with Crippen molar-refractivity contribution in [2.75, 3.05) is 32.1 Å². The number of nitrogens with zero attached hydrogens (tertiary/aromatic N) is 2. The van der Waals surface area contributed by atoms with Crippen molar-refractivity contribution >= 4 is 35.2 Å². The molecule has 0 atom stereocenters. The summed E-state index contributed by atoms with van der Waals surface area (Å²) < 4.78 is 0. The molecule has 0 saturated carbocycles. The number of benzene rings is 2. The lowest BCUT2D eigenvalue weighted by atomic mass is 10.1. The number of likely N-dealkylation sites (tertiary alicyclic amines) is 1. The standard InChI is InChI=1S/C24H28ClN3O2/c1-27(2)19-13-11-18(12-14-19)17-22(24(30)28-15-7-3-4-8-16-28)26-23(29)20-9-5-6-10-21(20)25/h5-6,9-14,17H,3-4,7-8,15-16H2,1-2H3,(H,26,29). The van der Waals surface area contributed by atoms with Gasteiger partial charge in [-0.2, -0.15) is 0 Å². The lowest BCUT2D eigenvalue weighted by Gasteiger charge is -2.22. The minimum atomic E-state index is -0.389. The van der Waals surface area contributed by atoms with Crippen LogP contribution in [0.3, 0.4) is 0 Å². The van der Waals surface area contributed by atoms with E-state index in [2.05, 4.69) is 5.32 Å². The van der Waals surface area contributed by atoms with Gasteiger partial charge in [0, 0.05) is 32.9 Å². The molecular formula is C24H28ClN3O2. The van der Waals surface area contributed by atoms with E-state index in [1.807, 2.05) is 48.2 Å². The smallest absolute Gasteiger partial charge is 0.270 e. The number of amides is 2. The van der Waals surface area contributed by atoms with Crippen LogP contribution in [0.1, 0.15) is 41.6 Å². The van der Waals surface area contributed by atoms with Gasteiger partial charge in [-0.15, -0.1) is 0 Å². The minimum absolute atomic E-state index is 0.158. The van der Waals surface area contributed by atoms with Gasteiger partial charge < -0.3 is 15.1 Å². The molecule has 2 aromatic carbocycles. The Balaban J connectivity index is 1.90. The van der Waals surface area contributed by atoms with Crippen LogP contribution in [0.2, 0.25) is 5.02 Å². The molecular weight excluding hydrogens is 398 g/mol. The van der Waals surface area contributed by atoms with Crippen molar-refractivity contribution in [2.45, 2.75) is 25.7 Å². The summed E-state index contributed by atoms with van der Waals surface area (Å²) in [5, 5.41) is 3.17. The number of carbonyl (C=O) groups is 2. The van der Waals surface area contributed by atoms with E-state index in [0.717, 1.165) is 36.9 Å². The quantitative estimate of drug-likeness (QED) is 0.713. The Morgan fingerprint density at radius 3 is 2.20 bits per heavy atom. The third-order valence-corrected chi connectivity index (χ3v) is 5.54. The topological polar surface area (TPSA) is 52.7 Å². The van der Waals surface area contributed by atoms with Crippen molar-refractivity contribution in [1.29, 1.82) is 0 Å². The van der Waals surface area contributed by atoms with Gasteiger partial charge in [0.2, 0.25) is 0 Å². The number of halogens is 1. The average molecular weight is 426 g/mol. The van der Waals surface area contributed by atoms with Gasteiger partial charge in [-0.3, -0.25) is 9.59 Å². The second-order valence-corrected chi connectivity index (χ2v) is 8.09. The van der Waals surface area contributed by atoms with Crippen LogP contribution in [0.4, 0.5) is 5.69 Å². The zero-order valence-corrected chi connectivity index (χ0v) is 18.3. The number of nitrogens with one attached hydrogen (secondary N) is 1. The molecule has 0 aliphatic carbocycles. The van der Waals surface area contributed by atoms with Crippen LogP contribution in [0, 0.1) is 0 Å². The molecule has 1 aliphatic rings. The van der Waals surface area contributed by atoms with Crippen LogP contribution < -0.4 is 10.2 Å². The first-order chi connectivity index (χ1) is 14.5. The fourth-order valence-electron chi connectivity index (χ4n) is 3.47. The van der Waals surface area contributed by atoms with E-state index in [0.29, 0.717) is 23.7 Å². The van der Waals surface area contributed by atoms with E-state index in [1.54, 1.807) is 30.3 Å². The molecule has 158 valence electrons. The predicted molar refractivity (Wildman–Crippen MR) is 123 cm³/mol. The highest BCUT2D eigenvalue weighted by molar-refractivity contribution is 6.34. The summed E-state index contributed by atoms with van der Waals surface area (Å²) >= 11 is 6.18. The SMILES string of the molecule is CN(C)c1ccc(C=C(NC(=O)c2ccccc2Cl)C(=O)N2CCCCCC2)cc1. The molecule has 1 saturated heterocycles. The van der Waals surface area contributed by atoms with Gasteiger partial charge in [0.05, 0.1) is 10.6 Å². The van der Waals surface area contributed by atoms with Crippen LogP contribution in [-0.4, -0.2) is 43.9 Å². The second-order valence-electron chi connectivity index (χ2n) is 7.68. The van der Waals surface area contributed by atoms with Gasteiger partial charge in [0.1, 0.15) is 5.70 Å². The van der Waals surface area contributed by atoms with Gasteiger partial charge in [-0.1, -0.05) is 48.7 Å². The Morgan fingerprint density at radius 1 is 0.967 bits per heavy atom. The lowest BCUT2D eigenvalue weighted by molar-refractivity contribution is -0.127. The summed E-state index contributed by atoms with van der Waals surface area (Å²) in [6, 6.07) is 14.7. The fourth-order valence-corrected chi connectivity index (χ4v) is 3.69. The van der Waals surface area contributed by atoms with Crippen molar-refractivity contribution in [3.63, 3.8) is 0 Å². The molecule has 0 spiro atoms. The molecule has 3 rings (SSSR count). The summed E-state index contributed by atoms with van der Waals surface area (Å²) in [4.78, 5) is 30.0. The van der Waals surface area contributed by atoms with Crippen LogP contribution in [0.5, 0.6) is 0 Å². The molecule has 2 aromatic rings. The maximum Gasteiger partial charge on any atom is 0.270 e. The zero-order chi connectivity index (χ0) is 21.5. The molecule has 1 heterocycles. The molecule has 5 nitrogen and oxygen atoms in total. The maximum absolute atomic E-state index is 13.3. The number of hydrogen-bond acceptors (Lipinski definition) is 3. The Morgan fingerprint density at radius 2 is 1.60 bits per heavy atom. The van der Waals surface area contributed by atoms with E-state index >= 15 is 0 Å². The maximum atomic E-state index is 13.3. The van der Waals surface area contributed by atoms with Gasteiger partial charge >= 0.3 is 0 Å². The first-order valence-corrected chi connectivity index (χ1v) is 10.7. The Labute approximate surface area is 183 Å². The van der Waals surface area contributed by atoms with E-state index < -0.39 is 0 Å². The van der Waals surface area contributed by atoms with Crippen molar-refractivity contribution in [3.8, 4) is 0 Å². The van der Waals surface area contributed by atoms with Crippen molar-refractivity contribution in [2.24, 2.45) is 0 Å². The monoisotopic (exact) mass is 425 g/mol. The highest BCUT2D eigenvalue weighted by atomic mass is 35.5. The molecule has 6 heteroatoms. The highest BCUT2D eigenvalue weighted by Crippen LogP contribution is 2.19. The largest absolute Gasteiger partial charge is 0.378 e. The third kappa shape index (κ3) is 5.63. The number of carbonyl (C=O) groups excluding carboxylic acids is 2. The van der Waals surface area contributed by atoms with E-state index in [-0.39, 0.29) is 17.5 Å². The first-order valence-electron chi connectivity index (χ1n) is 10.3. The molecule has 30 heavy (non-hydrogen) atoms. The molecule has 1 N–H and O–H groups in total. The summed E-state index contributed by atoms with van der Waals surface area (Å²) in [6.45, 7) is 1.41. The predicted octanol–water partition coefficient (Wildman–Crippen LogP) is 4.58. The number of hydrogen-bond donors (Lipinski definition) is 1. The summed E-state index contributed by atoms with van der Waals surface area (Å²) in [5.74, 6) is -0.547. The van der Waals surface area contributed by atoms with Gasteiger partial charge in [-0.25, -0.2) is 0 Å². The van der Waals surface area contributed by atoms with Crippen LogP contribution >= 0.6 is 11.6 Å². The first kappa shape index (κ1) is 21.9. The van der Waals surface area contributed by atoms with Crippen molar-refractivity contribution in [1.82, 2.24) is 10.2 Å². The molecule has 1 fully saturated rings. The van der Waals surface area contributed by atoms with E-state index in [1.165, 1.54) is 0 Å². The summed E-state index contributed by atoms with van der Waals surface area (Å²) in [5.41, 5.74) is 2.52. The van der Waals surface area contributed by atoms with Crippen molar-refractivity contribution < 1.29 is 9.59 Å². The molecule has 2 amide bonds. The average Bonchev–Trinajstić information content (AvgIpc) is 3.03. The zero-order valence-electron chi connectivity index (χ0n) is 17.5. The van der Waals surface area contributed by atoms with E-state index in [9.17, 15) is 9.59 Å². The summed E-state index contributed by atoms with van der Waals surface area (Å²) in [7, 11) is 3.95. The second kappa shape index (κ2) is 10.3. The Bertz CT molecular complexity index is 914. The van der Waals surface area contributed by atoms with E-state index in [4.69, 9.17) is 11.6 Å². The van der Waals surface area contributed by atoms with Crippen molar-refractivity contribution in [3.05, 3.63) is 70.4 Å². The number of anilines is 1. The normalized spacial score (nSPS) is 14.8. The molecule has 0 unspecified atom stereocenters. The third-order valence-electron chi connectivity index (χ3n) is 5.21. The lowest BCUT2D eigenvalue weighted by Crippen LogP contribution is -2.39. The van der Waals surface area contributed by atoms with Crippen LogP contribution in [0.15, 0.2) is 54.2 Å². The van der Waals surface area contributed by atoms with Gasteiger partial charge in [0.25, 0.3) is 11.8 Å². The molecule has 0 radical (unpaired) electrons. The Hall–Kier alpha value is -2.79. The number of rotatable bonds is 5. The van der Waals surface area contributed by atoms with Crippen LogP contribution in [0.25, 0.3) is 6.08 Å². The fraction of sp³-hybridized carbons (Fsp3) is 0.333.